The molecule has 0 bridgehead atoms. The van der Waals surface area contributed by atoms with Gasteiger partial charge in [-0.2, -0.15) is 0 Å². The molecule has 1 rings (SSSR count). The van der Waals surface area contributed by atoms with Crippen LogP contribution in [-0.4, -0.2) is 31.1 Å². The maximum absolute atomic E-state index is 6.33. The number of hydrogen-bond acceptors (Lipinski definition) is 3. The lowest BCUT2D eigenvalue weighted by Crippen LogP contribution is -2.40. The normalized spacial score (nSPS) is 14.6. The smallest absolute Gasteiger partial charge is 0.123 e. The fourth-order valence-corrected chi connectivity index (χ4v) is 2.45. The number of nitrogens with zero attached hydrogens (tertiary/aromatic N) is 1. The molecule has 0 heterocycles. The second-order valence-corrected chi connectivity index (χ2v) is 4.48. The predicted molar refractivity (Wildman–Crippen MR) is 76.9 cm³/mol. The summed E-state index contributed by atoms with van der Waals surface area (Å²) in [7, 11) is 1.72. The number of para-hydroxylation sites is 1. The van der Waals surface area contributed by atoms with Crippen molar-refractivity contribution in [2.75, 3.05) is 20.2 Å². The van der Waals surface area contributed by atoms with Crippen LogP contribution in [0.15, 0.2) is 24.3 Å². The molecule has 0 spiro atoms. The van der Waals surface area contributed by atoms with Crippen LogP contribution >= 0.6 is 0 Å². The van der Waals surface area contributed by atoms with Gasteiger partial charge in [0.05, 0.1) is 13.2 Å². The van der Waals surface area contributed by atoms with Gasteiger partial charge < -0.3 is 10.5 Å². The first-order valence-electron chi connectivity index (χ1n) is 6.82. The molecule has 2 N–H and O–H groups in total. The summed E-state index contributed by atoms with van der Waals surface area (Å²) in [6.07, 6.45) is 0.958. The van der Waals surface area contributed by atoms with E-state index in [1.165, 1.54) is 5.56 Å². The van der Waals surface area contributed by atoms with E-state index in [1.807, 2.05) is 12.1 Å². The van der Waals surface area contributed by atoms with Gasteiger partial charge >= 0.3 is 0 Å². The van der Waals surface area contributed by atoms with E-state index in [0.29, 0.717) is 0 Å². The first kappa shape index (κ1) is 15.0. The van der Waals surface area contributed by atoms with Gasteiger partial charge in [0.15, 0.2) is 0 Å². The summed E-state index contributed by atoms with van der Waals surface area (Å²) in [5, 5.41) is 0. The largest absolute Gasteiger partial charge is 0.496 e. The van der Waals surface area contributed by atoms with Crippen molar-refractivity contribution in [2.24, 2.45) is 5.73 Å². The number of rotatable bonds is 7. The minimum Gasteiger partial charge on any atom is -0.496 e. The van der Waals surface area contributed by atoms with Crippen LogP contribution < -0.4 is 10.5 Å². The molecule has 3 nitrogen and oxygen atoms in total. The van der Waals surface area contributed by atoms with Gasteiger partial charge in [0.2, 0.25) is 0 Å². The van der Waals surface area contributed by atoms with E-state index >= 15 is 0 Å². The van der Waals surface area contributed by atoms with Gasteiger partial charge in [-0.3, -0.25) is 4.90 Å². The molecule has 0 radical (unpaired) electrons. The summed E-state index contributed by atoms with van der Waals surface area (Å²) in [6.45, 7) is 8.47. The molecule has 0 aliphatic heterocycles. The summed E-state index contributed by atoms with van der Waals surface area (Å²) in [4.78, 5) is 2.39. The molecule has 0 aliphatic carbocycles. The monoisotopic (exact) mass is 250 g/mol. The lowest BCUT2D eigenvalue weighted by atomic mass is 9.95. The van der Waals surface area contributed by atoms with Crippen molar-refractivity contribution in [3.8, 4) is 5.75 Å². The summed E-state index contributed by atoms with van der Waals surface area (Å²) < 4.78 is 5.48. The van der Waals surface area contributed by atoms with Crippen LogP contribution in [0.25, 0.3) is 0 Å². The maximum Gasteiger partial charge on any atom is 0.123 e. The standard InChI is InChI=1S/C15H26N2O/c1-5-13(16)15(17(6-2)7-3)12-10-8-9-11-14(12)18-4/h8-11,13,15H,5-7,16H2,1-4H3. The van der Waals surface area contributed by atoms with Crippen molar-refractivity contribution in [1.29, 1.82) is 0 Å². The summed E-state index contributed by atoms with van der Waals surface area (Å²) in [6, 6.07) is 8.53. The molecule has 0 amide bonds. The van der Waals surface area contributed by atoms with Gasteiger partial charge in [0, 0.05) is 11.6 Å². The molecule has 0 saturated heterocycles. The molecule has 102 valence electrons. The van der Waals surface area contributed by atoms with Crippen LogP contribution in [0, 0.1) is 0 Å². The third-order valence-corrected chi connectivity index (χ3v) is 3.54. The Kier molecular flexibility index (Phi) is 6.16. The number of methoxy groups -OCH3 is 1. The summed E-state index contributed by atoms with van der Waals surface area (Å²) in [5.74, 6) is 0.929. The van der Waals surface area contributed by atoms with E-state index in [9.17, 15) is 0 Å². The zero-order chi connectivity index (χ0) is 13.5. The van der Waals surface area contributed by atoms with E-state index in [0.717, 1.165) is 25.3 Å². The molecule has 1 aromatic carbocycles. The highest BCUT2D eigenvalue weighted by Gasteiger charge is 2.26. The topological polar surface area (TPSA) is 38.5 Å². The van der Waals surface area contributed by atoms with Crippen molar-refractivity contribution in [3.05, 3.63) is 29.8 Å². The zero-order valence-electron chi connectivity index (χ0n) is 12.0. The Morgan fingerprint density at radius 3 is 2.28 bits per heavy atom. The Morgan fingerprint density at radius 2 is 1.78 bits per heavy atom. The van der Waals surface area contributed by atoms with Gasteiger partial charge in [-0.1, -0.05) is 39.0 Å². The van der Waals surface area contributed by atoms with E-state index < -0.39 is 0 Å². The molecule has 2 unspecified atom stereocenters. The fraction of sp³-hybridized carbons (Fsp3) is 0.600. The molecular weight excluding hydrogens is 224 g/mol. The van der Waals surface area contributed by atoms with Crippen molar-refractivity contribution in [2.45, 2.75) is 39.3 Å². The van der Waals surface area contributed by atoms with Crippen molar-refractivity contribution >= 4 is 0 Å². The second kappa shape index (κ2) is 7.39. The molecule has 0 aromatic heterocycles. The molecule has 1 aromatic rings. The van der Waals surface area contributed by atoms with Crippen LogP contribution in [0.5, 0.6) is 5.75 Å². The molecule has 0 fully saturated rings. The quantitative estimate of drug-likeness (QED) is 0.808. The number of ether oxygens (including phenoxy) is 1. The first-order valence-corrected chi connectivity index (χ1v) is 6.82. The lowest BCUT2D eigenvalue weighted by Gasteiger charge is -2.34. The second-order valence-electron chi connectivity index (χ2n) is 4.48. The van der Waals surface area contributed by atoms with E-state index in [1.54, 1.807) is 7.11 Å². The molecular formula is C15H26N2O. The van der Waals surface area contributed by atoms with Crippen LogP contribution in [0.3, 0.4) is 0 Å². The highest BCUT2D eigenvalue weighted by Crippen LogP contribution is 2.31. The molecule has 2 atom stereocenters. The van der Waals surface area contributed by atoms with Gasteiger partial charge in [0.1, 0.15) is 5.75 Å². The zero-order valence-corrected chi connectivity index (χ0v) is 12.0. The number of nitrogens with two attached hydrogens (primary N) is 1. The lowest BCUT2D eigenvalue weighted by molar-refractivity contribution is 0.183. The van der Waals surface area contributed by atoms with Gasteiger partial charge in [-0.15, -0.1) is 0 Å². The van der Waals surface area contributed by atoms with Gasteiger partial charge in [-0.25, -0.2) is 0 Å². The summed E-state index contributed by atoms with van der Waals surface area (Å²) in [5.41, 5.74) is 7.52. The van der Waals surface area contributed by atoms with E-state index in [2.05, 4.69) is 37.8 Å². The SMILES string of the molecule is CCC(N)C(c1ccccc1OC)N(CC)CC. The Morgan fingerprint density at radius 1 is 1.17 bits per heavy atom. The van der Waals surface area contributed by atoms with Crippen molar-refractivity contribution in [1.82, 2.24) is 4.90 Å². The minimum atomic E-state index is 0.126. The van der Waals surface area contributed by atoms with Gasteiger partial charge in [-0.05, 0) is 25.6 Å². The molecule has 0 saturated carbocycles. The average molecular weight is 250 g/mol. The van der Waals surface area contributed by atoms with Crippen LogP contribution in [-0.2, 0) is 0 Å². The Balaban J connectivity index is 3.16. The first-order chi connectivity index (χ1) is 8.69. The van der Waals surface area contributed by atoms with Crippen molar-refractivity contribution in [3.63, 3.8) is 0 Å². The van der Waals surface area contributed by atoms with Crippen molar-refractivity contribution < 1.29 is 4.74 Å². The number of likely N-dealkylation sites (N-methyl/N-ethyl adjacent to an activating group) is 1. The Hall–Kier alpha value is -1.06. The third-order valence-electron chi connectivity index (χ3n) is 3.54. The van der Waals surface area contributed by atoms with Gasteiger partial charge in [0.25, 0.3) is 0 Å². The van der Waals surface area contributed by atoms with Crippen LogP contribution in [0.4, 0.5) is 0 Å². The van der Waals surface area contributed by atoms with Crippen LogP contribution in [0.2, 0.25) is 0 Å². The third kappa shape index (κ3) is 3.24. The predicted octanol–water partition coefficient (Wildman–Crippen LogP) is 2.82. The fourth-order valence-electron chi connectivity index (χ4n) is 2.45. The summed E-state index contributed by atoms with van der Waals surface area (Å²) >= 11 is 0. The molecule has 0 aliphatic rings. The highest BCUT2D eigenvalue weighted by molar-refractivity contribution is 5.36. The number of benzene rings is 1. The van der Waals surface area contributed by atoms with E-state index in [-0.39, 0.29) is 12.1 Å². The highest BCUT2D eigenvalue weighted by atomic mass is 16.5. The maximum atomic E-state index is 6.33. The van der Waals surface area contributed by atoms with Crippen LogP contribution in [0.1, 0.15) is 38.8 Å². The van der Waals surface area contributed by atoms with E-state index in [4.69, 9.17) is 10.5 Å². The Labute approximate surface area is 111 Å². The minimum absolute atomic E-state index is 0.126. The molecule has 18 heavy (non-hydrogen) atoms. The molecule has 3 heteroatoms. The average Bonchev–Trinajstić information content (AvgIpc) is 2.43. The number of hydrogen-bond donors (Lipinski definition) is 1. The Bertz CT molecular complexity index is 350.